The number of pyridine rings is 1. The van der Waals surface area contributed by atoms with Gasteiger partial charge in [-0.15, -0.1) is 0 Å². The number of rotatable bonds is 2. The molecule has 0 bridgehead atoms. The van der Waals surface area contributed by atoms with E-state index in [4.69, 9.17) is 0 Å². The Morgan fingerprint density at radius 2 is 1.92 bits per heavy atom. The molecule has 1 heterocycles. The van der Waals surface area contributed by atoms with Gasteiger partial charge in [0.1, 0.15) is 0 Å². The van der Waals surface area contributed by atoms with Gasteiger partial charge < -0.3 is 5.32 Å². The highest BCUT2D eigenvalue weighted by Crippen LogP contribution is 1.93. The molecule has 3 nitrogen and oxygen atoms in total. The van der Waals surface area contributed by atoms with Crippen LogP contribution < -0.4 is 5.32 Å². The Labute approximate surface area is 79.2 Å². The van der Waals surface area contributed by atoms with E-state index in [9.17, 15) is 4.79 Å². The minimum absolute atomic E-state index is 0.0122. The number of amides is 1. The number of nitrogens with zero attached hydrogens (tertiary/aromatic N) is 1. The molecule has 0 unspecified atom stereocenters. The average molecular weight is 180 g/mol. The Kier molecular flexibility index (Phi) is 6.51. The Balaban J connectivity index is 0.000000671. The minimum atomic E-state index is -0.0122. The van der Waals surface area contributed by atoms with Crippen molar-refractivity contribution in [1.82, 2.24) is 10.3 Å². The molecule has 0 aliphatic heterocycles. The first-order valence-electron chi connectivity index (χ1n) is 4.42. The standard InChI is InChI=1S/C8H10N2O.C2H6/c1-7(11)10-6-8-2-4-9-5-3-8;1-2/h2-5H,6H2,1H3,(H,10,11);1-2H3. The van der Waals surface area contributed by atoms with E-state index in [0.29, 0.717) is 6.54 Å². The topological polar surface area (TPSA) is 42.0 Å². The highest BCUT2D eigenvalue weighted by Gasteiger charge is 1.91. The molecular weight excluding hydrogens is 164 g/mol. The maximum absolute atomic E-state index is 10.5. The summed E-state index contributed by atoms with van der Waals surface area (Å²) in [4.78, 5) is 14.4. The second kappa shape index (κ2) is 7.28. The van der Waals surface area contributed by atoms with Gasteiger partial charge >= 0.3 is 0 Å². The molecule has 0 atom stereocenters. The van der Waals surface area contributed by atoms with Crippen molar-refractivity contribution in [2.24, 2.45) is 0 Å². The maximum Gasteiger partial charge on any atom is 0.217 e. The van der Waals surface area contributed by atoms with E-state index >= 15 is 0 Å². The summed E-state index contributed by atoms with van der Waals surface area (Å²) in [7, 11) is 0. The van der Waals surface area contributed by atoms with Gasteiger partial charge in [-0.2, -0.15) is 0 Å². The lowest BCUT2D eigenvalue weighted by molar-refractivity contribution is -0.119. The van der Waals surface area contributed by atoms with Gasteiger partial charge in [0, 0.05) is 25.9 Å². The quantitative estimate of drug-likeness (QED) is 0.753. The van der Waals surface area contributed by atoms with Crippen molar-refractivity contribution in [3.05, 3.63) is 30.1 Å². The van der Waals surface area contributed by atoms with Gasteiger partial charge in [0.2, 0.25) is 5.91 Å². The second-order valence-electron chi connectivity index (χ2n) is 2.27. The summed E-state index contributed by atoms with van der Waals surface area (Å²) < 4.78 is 0. The Morgan fingerprint density at radius 3 is 2.38 bits per heavy atom. The number of hydrogen-bond acceptors (Lipinski definition) is 2. The molecule has 0 aliphatic rings. The molecule has 0 aliphatic carbocycles. The molecule has 13 heavy (non-hydrogen) atoms. The minimum Gasteiger partial charge on any atom is -0.352 e. The fourth-order valence-electron chi connectivity index (χ4n) is 0.727. The van der Waals surface area contributed by atoms with Crippen molar-refractivity contribution < 1.29 is 4.79 Å². The van der Waals surface area contributed by atoms with E-state index < -0.39 is 0 Å². The van der Waals surface area contributed by atoms with E-state index in [1.54, 1.807) is 12.4 Å². The highest BCUT2D eigenvalue weighted by atomic mass is 16.1. The Bertz CT molecular complexity index is 234. The van der Waals surface area contributed by atoms with E-state index in [2.05, 4.69) is 10.3 Å². The van der Waals surface area contributed by atoms with Crippen LogP contribution in [0.1, 0.15) is 26.3 Å². The third-order valence-electron chi connectivity index (χ3n) is 1.29. The van der Waals surface area contributed by atoms with Crippen LogP contribution >= 0.6 is 0 Å². The number of nitrogens with one attached hydrogen (secondary N) is 1. The maximum atomic E-state index is 10.5. The molecule has 1 amide bonds. The van der Waals surface area contributed by atoms with Crippen molar-refractivity contribution in [3.8, 4) is 0 Å². The van der Waals surface area contributed by atoms with Gasteiger partial charge in [-0.25, -0.2) is 0 Å². The third kappa shape index (κ3) is 5.84. The number of hydrogen-bond donors (Lipinski definition) is 1. The molecule has 0 spiro atoms. The Morgan fingerprint density at radius 1 is 1.38 bits per heavy atom. The lowest BCUT2D eigenvalue weighted by Gasteiger charge is -1.99. The SMILES string of the molecule is CC.CC(=O)NCc1ccncc1. The normalized spacial score (nSPS) is 8.23. The second-order valence-corrected chi connectivity index (χ2v) is 2.27. The van der Waals surface area contributed by atoms with Crippen molar-refractivity contribution >= 4 is 5.91 Å². The van der Waals surface area contributed by atoms with Crippen LogP contribution in [0.25, 0.3) is 0 Å². The average Bonchev–Trinajstić information content (AvgIpc) is 2.19. The van der Waals surface area contributed by atoms with E-state index in [1.807, 2.05) is 26.0 Å². The summed E-state index contributed by atoms with van der Waals surface area (Å²) >= 11 is 0. The number of aromatic nitrogens is 1. The van der Waals surface area contributed by atoms with Crippen LogP contribution in [-0.2, 0) is 11.3 Å². The molecule has 1 N–H and O–H groups in total. The van der Waals surface area contributed by atoms with Gasteiger partial charge in [-0.3, -0.25) is 9.78 Å². The van der Waals surface area contributed by atoms with Gasteiger partial charge in [-0.1, -0.05) is 13.8 Å². The molecular formula is C10H16N2O. The van der Waals surface area contributed by atoms with E-state index in [-0.39, 0.29) is 5.91 Å². The first-order valence-corrected chi connectivity index (χ1v) is 4.42. The van der Waals surface area contributed by atoms with Gasteiger partial charge in [0.05, 0.1) is 0 Å². The monoisotopic (exact) mass is 180 g/mol. The van der Waals surface area contributed by atoms with E-state index in [1.165, 1.54) is 6.92 Å². The van der Waals surface area contributed by atoms with Gasteiger partial charge in [0.25, 0.3) is 0 Å². The van der Waals surface area contributed by atoms with Crippen LogP contribution in [-0.4, -0.2) is 10.9 Å². The lowest BCUT2D eigenvalue weighted by Crippen LogP contribution is -2.18. The Hall–Kier alpha value is -1.38. The largest absolute Gasteiger partial charge is 0.352 e. The summed E-state index contributed by atoms with van der Waals surface area (Å²) in [6.07, 6.45) is 3.41. The zero-order valence-corrected chi connectivity index (χ0v) is 8.37. The van der Waals surface area contributed by atoms with Crippen LogP contribution in [0.3, 0.4) is 0 Å². The van der Waals surface area contributed by atoms with Gasteiger partial charge in [0.15, 0.2) is 0 Å². The fourth-order valence-corrected chi connectivity index (χ4v) is 0.727. The smallest absolute Gasteiger partial charge is 0.217 e. The predicted octanol–water partition coefficient (Wildman–Crippen LogP) is 1.74. The summed E-state index contributed by atoms with van der Waals surface area (Å²) in [6.45, 7) is 6.08. The lowest BCUT2D eigenvalue weighted by atomic mass is 10.3. The highest BCUT2D eigenvalue weighted by molar-refractivity contribution is 5.72. The number of carbonyl (C=O) groups is 1. The predicted molar refractivity (Wildman–Crippen MR) is 53.1 cm³/mol. The van der Waals surface area contributed by atoms with Crippen molar-refractivity contribution in [2.45, 2.75) is 27.3 Å². The molecule has 1 rings (SSSR count). The fraction of sp³-hybridized carbons (Fsp3) is 0.400. The third-order valence-corrected chi connectivity index (χ3v) is 1.29. The van der Waals surface area contributed by atoms with Crippen molar-refractivity contribution in [3.63, 3.8) is 0 Å². The molecule has 1 aromatic rings. The molecule has 0 fully saturated rings. The first-order chi connectivity index (χ1) is 6.29. The molecule has 0 aromatic carbocycles. The number of carbonyl (C=O) groups excluding carboxylic acids is 1. The zero-order chi connectivity index (χ0) is 10.1. The summed E-state index contributed by atoms with van der Waals surface area (Å²) in [6, 6.07) is 3.74. The van der Waals surface area contributed by atoms with Crippen LogP contribution in [0.4, 0.5) is 0 Å². The summed E-state index contributed by atoms with van der Waals surface area (Å²) in [5.41, 5.74) is 1.07. The van der Waals surface area contributed by atoms with Crippen LogP contribution in [0.2, 0.25) is 0 Å². The molecule has 3 heteroatoms. The van der Waals surface area contributed by atoms with Crippen molar-refractivity contribution in [1.29, 1.82) is 0 Å². The van der Waals surface area contributed by atoms with Crippen LogP contribution in [0.15, 0.2) is 24.5 Å². The molecule has 1 aromatic heterocycles. The summed E-state index contributed by atoms with van der Waals surface area (Å²) in [5, 5.41) is 2.70. The zero-order valence-electron chi connectivity index (χ0n) is 8.37. The molecule has 72 valence electrons. The van der Waals surface area contributed by atoms with Crippen LogP contribution in [0.5, 0.6) is 0 Å². The molecule has 0 radical (unpaired) electrons. The first kappa shape index (κ1) is 11.6. The molecule has 0 saturated heterocycles. The van der Waals surface area contributed by atoms with E-state index in [0.717, 1.165) is 5.56 Å². The van der Waals surface area contributed by atoms with Gasteiger partial charge in [-0.05, 0) is 17.7 Å². The molecule has 0 saturated carbocycles. The van der Waals surface area contributed by atoms with Crippen molar-refractivity contribution in [2.75, 3.05) is 0 Å². The summed E-state index contributed by atoms with van der Waals surface area (Å²) in [5.74, 6) is -0.0122. The van der Waals surface area contributed by atoms with Crippen LogP contribution in [0, 0.1) is 0 Å².